The zero-order valence-corrected chi connectivity index (χ0v) is 16.0. The van der Waals surface area contributed by atoms with Crippen LogP contribution in [0.3, 0.4) is 0 Å². The van der Waals surface area contributed by atoms with E-state index in [4.69, 9.17) is 17.3 Å². The largest absolute Gasteiger partial charge is 0.364 e. The predicted octanol–water partition coefficient (Wildman–Crippen LogP) is 3.29. The van der Waals surface area contributed by atoms with Crippen molar-refractivity contribution in [2.24, 2.45) is 5.73 Å². The molecular weight excluding hydrogens is 434 g/mol. The number of carbonyl (C=O) groups is 1. The molecule has 7 nitrogen and oxygen atoms in total. The maximum atomic E-state index is 12.6. The molecule has 3 N–H and O–H groups in total. The first-order valence-electron chi connectivity index (χ1n) is 7.78. The van der Waals surface area contributed by atoms with E-state index in [0.29, 0.717) is 16.3 Å². The molecule has 0 radical (unpaired) electrons. The number of benzene rings is 2. The fraction of sp³-hybridized carbons (Fsp3) is 0. The molecule has 0 spiro atoms. The normalized spacial score (nSPS) is 11.0. The Bertz CT molecular complexity index is 1260. The van der Waals surface area contributed by atoms with Gasteiger partial charge in [-0.15, -0.1) is 0 Å². The zero-order valence-electron chi connectivity index (χ0n) is 13.6. The molecule has 0 aliphatic heterocycles. The molecule has 27 heavy (non-hydrogen) atoms. The molecule has 9 heteroatoms. The van der Waals surface area contributed by atoms with Gasteiger partial charge in [0, 0.05) is 15.1 Å². The van der Waals surface area contributed by atoms with Crippen LogP contribution >= 0.6 is 27.5 Å². The van der Waals surface area contributed by atoms with Crippen LogP contribution in [-0.4, -0.2) is 25.4 Å². The summed E-state index contributed by atoms with van der Waals surface area (Å²) >= 11 is 9.45. The molecule has 0 fully saturated rings. The number of hydrogen-bond acceptors (Lipinski definition) is 4. The summed E-state index contributed by atoms with van der Waals surface area (Å²) in [6.07, 6.45) is 0. The third-order valence-electron chi connectivity index (χ3n) is 3.92. The molecule has 2 heterocycles. The number of nitrogens with one attached hydrogen (secondary N) is 1. The fourth-order valence-corrected chi connectivity index (χ4v) is 3.36. The maximum Gasteiger partial charge on any atom is 0.332 e. The summed E-state index contributed by atoms with van der Waals surface area (Å²) in [5.74, 6) is -0.495. The van der Waals surface area contributed by atoms with Gasteiger partial charge in [-0.05, 0) is 30.3 Å². The number of nitrogens with zero attached hydrogens (tertiary/aromatic N) is 3. The number of aromatic nitrogens is 4. The Labute approximate surface area is 166 Å². The molecule has 0 saturated carbocycles. The van der Waals surface area contributed by atoms with E-state index in [-0.39, 0.29) is 22.7 Å². The first-order chi connectivity index (χ1) is 12.9. The minimum atomic E-state index is -0.766. The van der Waals surface area contributed by atoms with Crippen LogP contribution in [-0.2, 0) is 0 Å². The Morgan fingerprint density at radius 3 is 2.63 bits per heavy atom. The molecule has 0 bridgehead atoms. The second kappa shape index (κ2) is 6.64. The molecule has 1 amide bonds. The average Bonchev–Trinajstić information content (AvgIpc) is 2.96. The summed E-state index contributed by atoms with van der Waals surface area (Å²) in [5, 5.41) is 0.463. The van der Waals surface area contributed by atoms with Crippen molar-refractivity contribution in [3.8, 4) is 17.1 Å². The second-order valence-corrected chi connectivity index (χ2v) is 7.07. The van der Waals surface area contributed by atoms with Crippen molar-refractivity contribution in [2.75, 3.05) is 0 Å². The summed E-state index contributed by atoms with van der Waals surface area (Å²) < 4.78 is 2.15. The Morgan fingerprint density at radius 2 is 1.93 bits per heavy atom. The number of carbonyl (C=O) groups excluding carboxylic acids is 1. The summed E-state index contributed by atoms with van der Waals surface area (Å²) in [7, 11) is 0. The Morgan fingerprint density at radius 1 is 1.15 bits per heavy atom. The van der Waals surface area contributed by atoms with Crippen molar-refractivity contribution < 1.29 is 4.79 Å². The van der Waals surface area contributed by atoms with Crippen LogP contribution in [0.15, 0.2) is 57.8 Å². The number of rotatable bonds is 3. The average molecular weight is 445 g/mol. The molecule has 2 aromatic carbocycles. The lowest BCUT2D eigenvalue weighted by molar-refractivity contribution is 0.0997. The Hall–Kier alpha value is -2.97. The van der Waals surface area contributed by atoms with Crippen LogP contribution in [0.5, 0.6) is 0 Å². The monoisotopic (exact) mass is 443 g/mol. The summed E-state index contributed by atoms with van der Waals surface area (Å²) in [5.41, 5.74) is 6.53. The van der Waals surface area contributed by atoms with Crippen LogP contribution < -0.4 is 11.4 Å². The van der Waals surface area contributed by atoms with Gasteiger partial charge in [-0.2, -0.15) is 0 Å². The lowest BCUT2D eigenvalue weighted by Gasteiger charge is -2.07. The lowest BCUT2D eigenvalue weighted by Crippen LogP contribution is -2.15. The van der Waals surface area contributed by atoms with E-state index in [1.807, 2.05) is 12.1 Å². The molecular formula is C18H11BrClN5O2. The molecule has 0 aliphatic carbocycles. The van der Waals surface area contributed by atoms with Crippen LogP contribution in [0.1, 0.15) is 10.5 Å². The highest BCUT2D eigenvalue weighted by Gasteiger charge is 2.20. The van der Waals surface area contributed by atoms with Crippen LogP contribution in [0, 0.1) is 0 Å². The number of amides is 1. The number of aromatic amines is 1. The molecule has 0 atom stereocenters. The van der Waals surface area contributed by atoms with Crippen molar-refractivity contribution in [3.05, 3.63) is 74.2 Å². The fourth-order valence-electron chi connectivity index (χ4n) is 2.77. The highest BCUT2D eigenvalue weighted by Crippen LogP contribution is 2.24. The van der Waals surface area contributed by atoms with Gasteiger partial charge in [0.25, 0.3) is 5.91 Å². The Balaban J connectivity index is 2.08. The summed E-state index contributed by atoms with van der Waals surface area (Å²) in [6.45, 7) is 0. The third kappa shape index (κ3) is 3.13. The quantitative estimate of drug-likeness (QED) is 0.505. The first kappa shape index (κ1) is 17.4. The van der Waals surface area contributed by atoms with Gasteiger partial charge in [-0.1, -0.05) is 45.7 Å². The zero-order chi connectivity index (χ0) is 19.1. The Kier molecular flexibility index (Phi) is 4.29. The highest BCUT2D eigenvalue weighted by atomic mass is 79.9. The van der Waals surface area contributed by atoms with E-state index in [2.05, 4.69) is 30.9 Å². The number of halogens is 2. The lowest BCUT2D eigenvalue weighted by atomic mass is 10.2. The van der Waals surface area contributed by atoms with E-state index in [1.54, 1.807) is 36.4 Å². The van der Waals surface area contributed by atoms with E-state index in [0.717, 1.165) is 4.47 Å². The van der Waals surface area contributed by atoms with E-state index in [1.165, 1.54) is 4.57 Å². The molecule has 0 saturated heterocycles. The summed E-state index contributed by atoms with van der Waals surface area (Å²) in [6, 6.07) is 14.0. The van der Waals surface area contributed by atoms with Gasteiger partial charge in [-0.3, -0.25) is 4.79 Å². The number of hydrogen-bond donors (Lipinski definition) is 2. The minimum absolute atomic E-state index is 0.0622. The van der Waals surface area contributed by atoms with Crippen LogP contribution in [0.4, 0.5) is 0 Å². The van der Waals surface area contributed by atoms with Crippen molar-refractivity contribution in [2.45, 2.75) is 0 Å². The number of primary amides is 1. The van der Waals surface area contributed by atoms with Gasteiger partial charge in [0.1, 0.15) is 5.52 Å². The van der Waals surface area contributed by atoms with E-state index >= 15 is 0 Å². The highest BCUT2D eigenvalue weighted by molar-refractivity contribution is 9.10. The van der Waals surface area contributed by atoms with Gasteiger partial charge in [0.2, 0.25) is 0 Å². The predicted molar refractivity (Wildman–Crippen MR) is 106 cm³/mol. The van der Waals surface area contributed by atoms with Crippen molar-refractivity contribution in [1.29, 1.82) is 0 Å². The SMILES string of the molecule is NC(=O)c1nc(-c2cccc(Br)c2)nc2c1[nH]c(=O)n2-c1cccc(Cl)c1. The maximum absolute atomic E-state index is 12.6. The first-order valence-corrected chi connectivity index (χ1v) is 8.95. The van der Waals surface area contributed by atoms with Gasteiger partial charge in [-0.25, -0.2) is 19.3 Å². The standard InChI is InChI=1S/C18H11BrClN5O2/c19-10-4-1-3-9(7-10)16-22-13(15(21)26)14-17(24-16)25(18(27)23-14)12-6-2-5-11(20)8-12/h1-8H,(H2,21,26)(H,23,27). The smallest absolute Gasteiger partial charge is 0.332 e. The molecule has 0 unspecified atom stereocenters. The molecule has 134 valence electrons. The summed E-state index contributed by atoms with van der Waals surface area (Å²) in [4.78, 5) is 35.9. The van der Waals surface area contributed by atoms with Crippen LogP contribution in [0.2, 0.25) is 5.02 Å². The van der Waals surface area contributed by atoms with Crippen molar-refractivity contribution in [3.63, 3.8) is 0 Å². The molecule has 2 aromatic heterocycles. The van der Waals surface area contributed by atoms with Gasteiger partial charge in [0.15, 0.2) is 17.2 Å². The molecule has 0 aliphatic rings. The van der Waals surface area contributed by atoms with E-state index < -0.39 is 11.6 Å². The minimum Gasteiger partial charge on any atom is -0.364 e. The number of H-pyrrole nitrogens is 1. The van der Waals surface area contributed by atoms with Crippen molar-refractivity contribution in [1.82, 2.24) is 19.5 Å². The van der Waals surface area contributed by atoms with Crippen molar-refractivity contribution >= 4 is 44.6 Å². The van der Waals surface area contributed by atoms with Gasteiger partial charge < -0.3 is 10.7 Å². The number of nitrogens with two attached hydrogens (primary N) is 1. The van der Waals surface area contributed by atoms with Crippen LogP contribution in [0.25, 0.3) is 28.2 Å². The molecule has 4 aromatic rings. The van der Waals surface area contributed by atoms with Gasteiger partial charge >= 0.3 is 5.69 Å². The number of fused-ring (bicyclic) bond motifs is 1. The third-order valence-corrected chi connectivity index (χ3v) is 4.65. The van der Waals surface area contributed by atoms with E-state index in [9.17, 15) is 9.59 Å². The molecule has 4 rings (SSSR count). The topological polar surface area (TPSA) is 107 Å². The van der Waals surface area contributed by atoms with Gasteiger partial charge in [0.05, 0.1) is 5.69 Å². The number of imidazole rings is 1. The second-order valence-electron chi connectivity index (χ2n) is 5.71.